The summed E-state index contributed by atoms with van der Waals surface area (Å²) < 4.78 is 11.2. The fourth-order valence-electron chi connectivity index (χ4n) is 3.58. The Balaban J connectivity index is 1.87. The number of ether oxygens (including phenoxy) is 2. The van der Waals surface area contributed by atoms with Crippen LogP contribution >= 0.6 is 0 Å². The molecule has 3 fully saturated rings. The first-order chi connectivity index (χ1) is 9.24. The lowest BCUT2D eigenvalue weighted by Gasteiger charge is -2.27. The molecule has 0 aromatic carbocycles. The highest BCUT2D eigenvalue weighted by Gasteiger charge is 2.62. The van der Waals surface area contributed by atoms with Crippen molar-refractivity contribution < 1.29 is 24.2 Å². The minimum absolute atomic E-state index is 0.0201. The summed E-state index contributed by atoms with van der Waals surface area (Å²) >= 11 is 0. The zero-order valence-corrected chi connectivity index (χ0v) is 12.2. The fourth-order valence-corrected chi connectivity index (χ4v) is 3.58. The van der Waals surface area contributed by atoms with Crippen LogP contribution in [-0.2, 0) is 19.1 Å². The summed E-state index contributed by atoms with van der Waals surface area (Å²) in [6, 6.07) is 0. The van der Waals surface area contributed by atoms with Crippen LogP contribution in [0.4, 0.5) is 0 Å². The lowest BCUT2D eigenvalue weighted by atomic mass is 9.78. The summed E-state index contributed by atoms with van der Waals surface area (Å²) in [5.74, 6) is -0.502. The topological polar surface area (TPSA) is 76.1 Å². The van der Waals surface area contributed by atoms with E-state index in [1.165, 1.54) is 0 Å². The van der Waals surface area contributed by atoms with Crippen molar-refractivity contribution in [3.8, 4) is 0 Å². The number of rotatable bonds is 0. The van der Waals surface area contributed by atoms with Crippen LogP contribution in [0.5, 0.6) is 0 Å². The molecule has 2 heterocycles. The molecule has 3 rings (SSSR count). The molecule has 6 atom stereocenters. The molecule has 5 heteroatoms. The number of aliphatic hydroxyl groups is 1. The van der Waals surface area contributed by atoms with Gasteiger partial charge in [-0.3, -0.25) is 9.59 Å². The Morgan fingerprint density at radius 1 is 1.25 bits per heavy atom. The van der Waals surface area contributed by atoms with E-state index in [1.54, 1.807) is 6.92 Å². The summed E-state index contributed by atoms with van der Waals surface area (Å²) in [6.07, 6.45) is 1.52. The molecule has 0 unspecified atom stereocenters. The Kier molecular flexibility index (Phi) is 3.00. The molecule has 1 N–H and O–H groups in total. The minimum Gasteiger partial charge on any atom is -0.459 e. The monoisotopic (exact) mass is 282 g/mol. The SMILES string of the molecule is C[C@@H]1C(=O)O[C@H]2[C@H]1CC[C@](C)(O)C(=O)CC[C@@]1(C)O[C@H]21. The average molecular weight is 282 g/mol. The highest BCUT2D eigenvalue weighted by atomic mass is 16.6. The van der Waals surface area contributed by atoms with Gasteiger partial charge < -0.3 is 14.6 Å². The van der Waals surface area contributed by atoms with Gasteiger partial charge in [-0.05, 0) is 33.1 Å². The van der Waals surface area contributed by atoms with E-state index >= 15 is 0 Å². The Labute approximate surface area is 118 Å². The lowest BCUT2D eigenvalue weighted by Crippen LogP contribution is -2.39. The lowest BCUT2D eigenvalue weighted by molar-refractivity contribution is -0.144. The zero-order valence-electron chi connectivity index (χ0n) is 12.2. The molecule has 0 amide bonds. The molecule has 1 aliphatic carbocycles. The maximum Gasteiger partial charge on any atom is 0.309 e. The molecule has 0 bridgehead atoms. The van der Waals surface area contributed by atoms with Gasteiger partial charge in [-0.25, -0.2) is 0 Å². The number of hydrogen-bond donors (Lipinski definition) is 1. The second-order valence-electron chi connectivity index (χ2n) is 6.94. The molecule has 3 aliphatic rings. The van der Waals surface area contributed by atoms with Gasteiger partial charge in [0.05, 0.1) is 11.5 Å². The smallest absolute Gasteiger partial charge is 0.309 e. The molecule has 0 aromatic rings. The number of esters is 1. The predicted octanol–water partition coefficient (Wildman–Crippen LogP) is 1.22. The molecule has 0 radical (unpaired) electrons. The Bertz CT molecular complexity index is 457. The van der Waals surface area contributed by atoms with E-state index in [2.05, 4.69) is 0 Å². The largest absolute Gasteiger partial charge is 0.459 e. The van der Waals surface area contributed by atoms with Crippen molar-refractivity contribution in [3.05, 3.63) is 0 Å². The molecular formula is C15H22O5. The summed E-state index contributed by atoms with van der Waals surface area (Å²) in [5.41, 5.74) is -1.70. The van der Waals surface area contributed by atoms with Crippen LogP contribution in [0.2, 0.25) is 0 Å². The van der Waals surface area contributed by atoms with Crippen molar-refractivity contribution >= 4 is 11.8 Å². The standard InChI is InChI=1S/C15H22O5/c1-8-9-4-6-14(2,18)10(16)5-7-15(3)12(20-15)11(9)19-13(8)17/h8-9,11-12,18H,4-7H2,1-3H3/t8-,9-,11-,12+,14-,15+/m0/s1. The number of hydrogen-bond acceptors (Lipinski definition) is 5. The third-order valence-corrected chi connectivity index (χ3v) is 5.34. The number of Topliss-reactive ketones (excluding diaryl/α,β-unsaturated/α-hetero) is 1. The summed E-state index contributed by atoms with van der Waals surface area (Å²) in [5, 5.41) is 10.3. The molecule has 5 nitrogen and oxygen atoms in total. The van der Waals surface area contributed by atoms with E-state index in [0.717, 1.165) is 0 Å². The second kappa shape index (κ2) is 4.28. The van der Waals surface area contributed by atoms with Gasteiger partial charge in [-0.15, -0.1) is 0 Å². The number of ketones is 1. The first kappa shape index (κ1) is 14.0. The van der Waals surface area contributed by atoms with Crippen LogP contribution < -0.4 is 0 Å². The summed E-state index contributed by atoms with van der Waals surface area (Å²) in [7, 11) is 0. The Hall–Kier alpha value is -0.940. The van der Waals surface area contributed by atoms with Gasteiger partial charge in [0.1, 0.15) is 17.8 Å². The fraction of sp³-hybridized carbons (Fsp3) is 0.867. The van der Waals surface area contributed by atoms with Crippen LogP contribution in [0, 0.1) is 11.8 Å². The highest BCUT2D eigenvalue weighted by molar-refractivity contribution is 5.86. The maximum absolute atomic E-state index is 12.1. The number of carbonyl (C=O) groups is 2. The van der Waals surface area contributed by atoms with E-state index in [4.69, 9.17) is 9.47 Å². The van der Waals surface area contributed by atoms with Gasteiger partial charge in [0.15, 0.2) is 5.78 Å². The predicted molar refractivity (Wildman–Crippen MR) is 69.9 cm³/mol. The van der Waals surface area contributed by atoms with Crippen molar-refractivity contribution in [1.82, 2.24) is 0 Å². The number of carbonyl (C=O) groups excluding carboxylic acids is 2. The quantitative estimate of drug-likeness (QED) is 0.534. The van der Waals surface area contributed by atoms with Crippen LogP contribution in [-0.4, -0.2) is 40.3 Å². The van der Waals surface area contributed by atoms with Gasteiger partial charge in [-0.2, -0.15) is 0 Å². The number of fused-ring (bicyclic) bond motifs is 3. The van der Waals surface area contributed by atoms with E-state index in [-0.39, 0.29) is 35.8 Å². The first-order valence-electron chi connectivity index (χ1n) is 7.39. The van der Waals surface area contributed by atoms with Crippen LogP contribution in [0.1, 0.15) is 46.5 Å². The second-order valence-corrected chi connectivity index (χ2v) is 6.94. The molecule has 2 saturated heterocycles. The molecule has 2 aliphatic heterocycles. The molecule has 20 heavy (non-hydrogen) atoms. The van der Waals surface area contributed by atoms with Gasteiger partial charge in [0.2, 0.25) is 0 Å². The van der Waals surface area contributed by atoms with Crippen molar-refractivity contribution in [2.45, 2.75) is 69.9 Å². The molecule has 112 valence electrons. The van der Waals surface area contributed by atoms with E-state index in [1.807, 2.05) is 13.8 Å². The van der Waals surface area contributed by atoms with Gasteiger partial charge in [0.25, 0.3) is 0 Å². The average Bonchev–Trinajstić information content (AvgIpc) is 2.96. The molecule has 0 aromatic heterocycles. The maximum atomic E-state index is 12.1. The first-order valence-corrected chi connectivity index (χ1v) is 7.39. The van der Waals surface area contributed by atoms with Gasteiger partial charge in [-0.1, -0.05) is 6.92 Å². The van der Waals surface area contributed by atoms with Gasteiger partial charge >= 0.3 is 5.97 Å². The van der Waals surface area contributed by atoms with E-state index in [9.17, 15) is 14.7 Å². The summed E-state index contributed by atoms with van der Waals surface area (Å²) in [4.78, 5) is 23.9. The Morgan fingerprint density at radius 3 is 2.65 bits per heavy atom. The van der Waals surface area contributed by atoms with E-state index in [0.29, 0.717) is 25.7 Å². The van der Waals surface area contributed by atoms with Gasteiger partial charge in [0, 0.05) is 12.3 Å². The van der Waals surface area contributed by atoms with Crippen molar-refractivity contribution in [3.63, 3.8) is 0 Å². The van der Waals surface area contributed by atoms with E-state index < -0.39 is 11.2 Å². The molecule has 1 saturated carbocycles. The zero-order chi connectivity index (χ0) is 14.7. The van der Waals surface area contributed by atoms with Crippen LogP contribution in [0.25, 0.3) is 0 Å². The third-order valence-electron chi connectivity index (χ3n) is 5.34. The van der Waals surface area contributed by atoms with Crippen LogP contribution in [0.15, 0.2) is 0 Å². The van der Waals surface area contributed by atoms with Crippen molar-refractivity contribution in [1.29, 1.82) is 0 Å². The molecular weight excluding hydrogens is 260 g/mol. The van der Waals surface area contributed by atoms with Crippen LogP contribution in [0.3, 0.4) is 0 Å². The van der Waals surface area contributed by atoms with Crippen molar-refractivity contribution in [2.75, 3.05) is 0 Å². The Morgan fingerprint density at radius 2 is 1.95 bits per heavy atom. The third kappa shape index (κ3) is 2.07. The highest BCUT2D eigenvalue weighted by Crippen LogP contribution is 2.50. The summed E-state index contributed by atoms with van der Waals surface area (Å²) in [6.45, 7) is 5.38. The molecule has 0 spiro atoms. The van der Waals surface area contributed by atoms with Crippen molar-refractivity contribution in [2.24, 2.45) is 11.8 Å². The normalized spacial score (nSPS) is 52.0. The minimum atomic E-state index is -1.31. The number of epoxide rings is 1.